The summed E-state index contributed by atoms with van der Waals surface area (Å²) < 4.78 is 10.7. The van der Waals surface area contributed by atoms with E-state index in [4.69, 9.17) is 15.2 Å². The fourth-order valence-electron chi connectivity index (χ4n) is 2.61. The number of halogens is 1. The molecular weight excluding hydrogens is 290 g/mol. The second kappa shape index (κ2) is 8.97. The van der Waals surface area contributed by atoms with Crippen LogP contribution in [0.1, 0.15) is 6.42 Å². The third-order valence-corrected chi connectivity index (χ3v) is 3.74. The molecule has 0 bridgehead atoms. The molecule has 2 N–H and O–H groups in total. The Morgan fingerprint density at radius 1 is 1.00 bits per heavy atom. The Balaban J connectivity index is 0.00000220. The molecule has 1 aromatic rings. The van der Waals surface area contributed by atoms with E-state index >= 15 is 0 Å². The molecular formula is C15H26ClN3O2. The third-order valence-electron chi connectivity index (χ3n) is 3.74. The molecule has 0 unspecified atom stereocenters. The SMILES string of the molecule is COc1cc(OC)cc(N2CCCN(CCN)CC2)c1.Cl. The first-order chi connectivity index (χ1) is 9.76. The summed E-state index contributed by atoms with van der Waals surface area (Å²) >= 11 is 0. The van der Waals surface area contributed by atoms with Crippen molar-refractivity contribution in [1.29, 1.82) is 0 Å². The van der Waals surface area contributed by atoms with Crippen LogP contribution in [0.3, 0.4) is 0 Å². The zero-order chi connectivity index (χ0) is 14.4. The lowest BCUT2D eigenvalue weighted by molar-refractivity contribution is 0.302. The van der Waals surface area contributed by atoms with E-state index in [9.17, 15) is 0 Å². The second-order valence-corrected chi connectivity index (χ2v) is 5.04. The summed E-state index contributed by atoms with van der Waals surface area (Å²) in [6, 6.07) is 6.05. The number of nitrogens with zero attached hydrogens (tertiary/aromatic N) is 2. The molecule has 0 aliphatic carbocycles. The van der Waals surface area contributed by atoms with Crippen molar-refractivity contribution in [1.82, 2.24) is 4.90 Å². The van der Waals surface area contributed by atoms with Gasteiger partial charge in [-0.05, 0) is 13.0 Å². The van der Waals surface area contributed by atoms with E-state index in [0.29, 0.717) is 0 Å². The lowest BCUT2D eigenvalue weighted by Crippen LogP contribution is -2.33. The van der Waals surface area contributed by atoms with Gasteiger partial charge in [-0.1, -0.05) is 0 Å². The summed E-state index contributed by atoms with van der Waals surface area (Å²) in [6.07, 6.45) is 1.15. The van der Waals surface area contributed by atoms with Gasteiger partial charge in [-0.15, -0.1) is 12.4 Å². The number of ether oxygens (including phenoxy) is 2. The van der Waals surface area contributed by atoms with Gasteiger partial charge in [0.05, 0.1) is 14.2 Å². The first-order valence-corrected chi connectivity index (χ1v) is 7.17. The molecule has 1 saturated heterocycles. The molecule has 2 rings (SSSR count). The summed E-state index contributed by atoms with van der Waals surface area (Å²) in [5, 5.41) is 0. The largest absolute Gasteiger partial charge is 0.497 e. The summed E-state index contributed by atoms with van der Waals surface area (Å²) in [5.41, 5.74) is 6.81. The van der Waals surface area contributed by atoms with E-state index < -0.39 is 0 Å². The maximum Gasteiger partial charge on any atom is 0.124 e. The van der Waals surface area contributed by atoms with Crippen LogP contribution in [0.25, 0.3) is 0 Å². The van der Waals surface area contributed by atoms with E-state index in [-0.39, 0.29) is 12.4 Å². The molecule has 0 radical (unpaired) electrons. The highest BCUT2D eigenvalue weighted by Crippen LogP contribution is 2.28. The number of rotatable bonds is 5. The van der Waals surface area contributed by atoms with Crippen LogP contribution >= 0.6 is 12.4 Å². The van der Waals surface area contributed by atoms with Crippen molar-refractivity contribution in [3.05, 3.63) is 18.2 Å². The summed E-state index contributed by atoms with van der Waals surface area (Å²) in [7, 11) is 3.37. The fraction of sp³-hybridized carbons (Fsp3) is 0.600. The van der Waals surface area contributed by atoms with Gasteiger partial charge in [-0.2, -0.15) is 0 Å². The number of anilines is 1. The molecule has 6 heteroatoms. The monoisotopic (exact) mass is 315 g/mol. The van der Waals surface area contributed by atoms with Crippen molar-refractivity contribution < 1.29 is 9.47 Å². The minimum Gasteiger partial charge on any atom is -0.497 e. The van der Waals surface area contributed by atoms with Gasteiger partial charge >= 0.3 is 0 Å². The standard InChI is InChI=1S/C15H25N3O2.ClH/c1-19-14-10-13(11-15(12-14)20-2)18-6-3-5-17(7-4-16)8-9-18;/h10-12H,3-9,16H2,1-2H3;1H. The van der Waals surface area contributed by atoms with Gasteiger partial charge in [-0.25, -0.2) is 0 Å². The van der Waals surface area contributed by atoms with Crippen molar-refractivity contribution in [2.45, 2.75) is 6.42 Å². The number of hydrogen-bond donors (Lipinski definition) is 1. The highest BCUT2D eigenvalue weighted by atomic mass is 35.5. The van der Waals surface area contributed by atoms with Gasteiger partial charge in [0.1, 0.15) is 11.5 Å². The van der Waals surface area contributed by atoms with Crippen molar-refractivity contribution >= 4 is 18.1 Å². The Labute approximate surface area is 133 Å². The average molecular weight is 316 g/mol. The molecule has 1 heterocycles. The lowest BCUT2D eigenvalue weighted by Gasteiger charge is -2.24. The van der Waals surface area contributed by atoms with E-state index in [0.717, 1.165) is 62.9 Å². The minimum absolute atomic E-state index is 0. The first-order valence-electron chi connectivity index (χ1n) is 7.17. The number of methoxy groups -OCH3 is 2. The Morgan fingerprint density at radius 2 is 1.67 bits per heavy atom. The molecule has 0 spiro atoms. The Hall–Kier alpha value is -1.17. The minimum atomic E-state index is 0. The van der Waals surface area contributed by atoms with Gasteiger partial charge in [0.2, 0.25) is 0 Å². The smallest absolute Gasteiger partial charge is 0.124 e. The molecule has 21 heavy (non-hydrogen) atoms. The Bertz CT molecular complexity index is 409. The van der Waals surface area contributed by atoms with Crippen LogP contribution < -0.4 is 20.1 Å². The quantitative estimate of drug-likeness (QED) is 0.894. The second-order valence-electron chi connectivity index (χ2n) is 5.04. The zero-order valence-corrected chi connectivity index (χ0v) is 13.7. The van der Waals surface area contributed by atoms with Crippen LogP contribution in [0.5, 0.6) is 11.5 Å². The molecule has 120 valence electrons. The van der Waals surface area contributed by atoms with Gasteiger partial charge in [0, 0.05) is 56.6 Å². The summed E-state index contributed by atoms with van der Waals surface area (Å²) in [4.78, 5) is 4.82. The van der Waals surface area contributed by atoms with Gasteiger partial charge in [-0.3, -0.25) is 0 Å². The normalized spacial score (nSPS) is 16.0. The van der Waals surface area contributed by atoms with Crippen LogP contribution in [0, 0.1) is 0 Å². The number of benzene rings is 1. The number of nitrogens with two attached hydrogens (primary N) is 1. The van der Waals surface area contributed by atoms with Crippen molar-refractivity contribution in [3.8, 4) is 11.5 Å². The maximum absolute atomic E-state index is 5.64. The zero-order valence-electron chi connectivity index (χ0n) is 12.9. The average Bonchev–Trinajstić information content (AvgIpc) is 2.73. The van der Waals surface area contributed by atoms with Crippen LogP contribution in [0.4, 0.5) is 5.69 Å². The maximum atomic E-state index is 5.64. The highest BCUT2D eigenvalue weighted by molar-refractivity contribution is 5.85. The fourth-order valence-corrected chi connectivity index (χ4v) is 2.61. The van der Waals surface area contributed by atoms with E-state index in [1.807, 2.05) is 6.07 Å². The summed E-state index contributed by atoms with van der Waals surface area (Å²) in [6.45, 7) is 5.95. The van der Waals surface area contributed by atoms with Crippen molar-refractivity contribution in [3.63, 3.8) is 0 Å². The Kier molecular flexibility index (Phi) is 7.64. The molecule has 0 atom stereocenters. The van der Waals surface area contributed by atoms with Crippen LogP contribution in [0.15, 0.2) is 18.2 Å². The van der Waals surface area contributed by atoms with Crippen LogP contribution in [0.2, 0.25) is 0 Å². The van der Waals surface area contributed by atoms with Crippen molar-refractivity contribution in [2.24, 2.45) is 5.73 Å². The van der Waals surface area contributed by atoms with Gasteiger partial charge in [0.25, 0.3) is 0 Å². The molecule has 5 nitrogen and oxygen atoms in total. The summed E-state index contributed by atoms with van der Waals surface area (Å²) in [5.74, 6) is 1.67. The van der Waals surface area contributed by atoms with Gasteiger partial charge < -0.3 is 25.0 Å². The molecule has 0 aromatic heterocycles. The predicted molar refractivity (Wildman–Crippen MR) is 89.1 cm³/mol. The van der Waals surface area contributed by atoms with E-state index in [1.54, 1.807) is 14.2 Å². The highest BCUT2D eigenvalue weighted by Gasteiger charge is 2.16. The Morgan fingerprint density at radius 3 is 2.24 bits per heavy atom. The molecule has 0 amide bonds. The van der Waals surface area contributed by atoms with Crippen molar-refractivity contribution in [2.75, 3.05) is 58.4 Å². The molecule has 1 fully saturated rings. The lowest BCUT2D eigenvalue weighted by atomic mass is 10.2. The number of hydrogen-bond acceptors (Lipinski definition) is 5. The van der Waals surface area contributed by atoms with E-state index in [1.165, 1.54) is 0 Å². The topological polar surface area (TPSA) is 51.0 Å². The first kappa shape index (κ1) is 17.9. The van der Waals surface area contributed by atoms with Crippen LogP contribution in [-0.4, -0.2) is 58.4 Å². The molecule has 1 aromatic carbocycles. The van der Waals surface area contributed by atoms with Crippen LogP contribution in [-0.2, 0) is 0 Å². The predicted octanol–water partition coefficient (Wildman–Crippen LogP) is 1.60. The third kappa shape index (κ3) is 4.95. The van der Waals surface area contributed by atoms with E-state index in [2.05, 4.69) is 21.9 Å². The molecule has 1 aliphatic rings. The van der Waals surface area contributed by atoms with Gasteiger partial charge in [0.15, 0.2) is 0 Å². The molecule has 0 saturated carbocycles. The molecule has 1 aliphatic heterocycles.